The Kier molecular flexibility index (Phi) is 3.75. The summed E-state index contributed by atoms with van der Waals surface area (Å²) in [7, 11) is 0. The van der Waals surface area contributed by atoms with Crippen LogP contribution < -0.4 is 0 Å². The van der Waals surface area contributed by atoms with Crippen molar-refractivity contribution in [1.29, 1.82) is 5.26 Å². The number of nitriles is 1. The van der Waals surface area contributed by atoms with E-state index in [9.17, 15) is 0 Å². The molecule has 0 saturated heterocycles. The zero-order valence-corrected chi connectivity index (χ0v) is 8.02. The molecule has 0 bridgehead atoms. The first-order valence-electron chi connectivity index (χ1n) is 4.22. The third-order valence-electron chi connectivity index (χ3n) is 1.77. The topological polar surface area (TPSA) is 36.7 Å². The molecule has 12 heavy (non-hydrogen) atoms. The van der Waals surface area contributed by atoms with Gasteiger partial charge in [0.25, 0.3) is 0 Å². The minimum Gasteiger partial charge on any atom is -0.199 e. The highest BCUT2D eigenvalue weighted by Gasteiger charge is 2.03. The summed E-state index contributed by atoms with van der Waals surface area (Å²) in [6.45, 7) is 2.18. The maximum absolute atomic E-state index is 8.68. The summed E-state index contributed by atoms with van der Waals surface area (Å²) in [6.07, 6.45) is 6.31. The van der Waals surface area contributed by atoms with E-state index in [1.54, 1.807) is 6.20 Å². The Morgan fingerprint density at radius 1 is 1.58 bits per heavy atom. The first kappa shape index (κ1) is 9.21. The molecular weight excluding hydrogens is 168 g/mol. The van der Waals surface area contributed by atoms with Gasteiger partial charge in [0, 0.05) is 4.88 Å². The van der Waals surface area contributed by atoms with E-state index in [-0.39, 0.29) is 0 Å². The number of rotatable bonds is 4. The number of aromatic nitrogens is 1. The lowest BCUT2D eigenvalue weighted by molar-refractivity contribution is 0.722. The number of hydrogen-bond donors (Lipinski definition) is 0. The molecule has 1 heterocycles. The summed E-state index contributed by atoms with van der Waals surface area (Å²) in [5.74, 6) is 0. The van der Waals surface area contributed by atoms with E-state index < -0.39 is 0 Å². The standard InChI is InChI=1S/C9H12N2S/c1-2-3-4-5-9-8(6-10)7-11-12-9/h7H,2-5H2,1H3. The predicted molar refractivity (Wildman–Crippen MR) is 50.1 cm³/mol. The third kappa shape index (κ3) is 2.31. The van der Waals surface area contributed by atoms with Crippen LogP contribution in [0.1, 0.15) is 36.6 Å². The van der Waals surface area contributed by atoms with Gasteiger partial charge in [-0.05, 0) is 24.4 Å². The van der Waals surface area contributed by atoms with Crippen molar-refractivity contribution >= 4 is 11.5 Å². The molecule has 64 valence electrons. The van der Waals surface area contributed by atoms with Gasteiger partial charge in [-0.3, -0.25) is 0 Å². The van der Waals surface area contributed by atoms with Crippen molar-refractivity contribution in [3.63, 3.8) is 0 Å². The molecule has 0 atom stereocenters. The number of nitrogens with zero attached hydrogens (tertiary/aromatic N) is 2. The number of hydrogen-bond acceptors (Lipinski definition) is 3. The van der Waals surface area contributed by atoms with Crippen molar-refractivity contribution < 1.29 is 0 Å². The van der Waals surface area contributed by atoms with Gasteiger partial charge < -0.3 is 0 Å². The summed E-state index contributed by atoms with van der Waals surface area (Å²) < 4.78 is 3.99. The molecule has 0 spiro atoms. The molecule has 1 rings (SSSR count). The van der Waals surface area contributed by atoms with Crippen molar-refractivity contribution in [1.82, 2.24) is 4.37 Å². The summed E-state index contributed by atoms with van der Waals surface area (Å²) in [6, 6.07) is 2.15. The summed E-state index contributed by atoms with van der Waals surface area (Å²) in [5, 5.41) is 8.68. The highest BCUT2D eigenvalue weighted by molar-refractivity contribution is 7.05. The lowest BCUT2D eigenvalue weighted by Crippen LogP contribution is -1.83. The monoisotopic (exact) mass is 180 g/mol. The average Bonchev–Trinajstić information content (AvgIpc) is 2.52. The quantitative estimate of drug-likeness (QED) is 0.668. The smallest absolute Gasteiger partial charge is 0.102 e. The van der Waals surface area contributed by atoms with Gasteiger partial charge in [0.15, 0.2) is 0 Å². The Balaban J connectivity index is 2.46. The van der Waals surface area contributed by atoms with Gasteiger partial charge in [-0.25, -0.2) is 0 Å². The summed E-state index contributed by atoms with van der Waals surface area (Å²) in [5.41, 5.74) is 0.760. The van der Waals surface area contributed by atoms with E-state index in [2.05, 4.69) is 17.4 Å². The second-order valence-electron chi connectivity index (χ2n) is 2.73. The van der Waals surface area contributed by atoms with Crippen molar-refractivity contribution in [3.05, 3.63) is 16.6 Å². The van der Waals surface area contributed by atoms with Gasteiger partial charge in [-0.2, -0.15) is 9.64 Å². The molecule has 0 radical (unpaired) electrons. The molecule has 0 aliphatic rings. The van der Waals surface area contributed by atoms with Crippen LogP contribution >= 0.6 is 11.5 Å². The van der Waals surface area contributed by atoms with Gasteiger partial charge >= 0.3 is 0 Å². The molecule has 0 aliphatic heterocycles. The molecule has 3 heteroatoms. The van der Waals surface area contributed by atoms with Gasteiger partial charge in [0.05, 0.1) is 11.8 Å². The number of unbranched alkanes of at least 4 members (excludes halogenated alkanes) is 2. The summed E-state index contributed by atoms with van der Waals surface area (Å²) >= 11 is 1.45. The van der Waals surface area contributed by atoms with E-state index in [0.29, 0.717) is 0 Å². The molecule has 1 aromatic rings. The lowest BCUT2D eigenvalue weighted by Gasteiger charge is -1.94. The maximum atomic E-state index is 8.68. The largest absolute Gasteiger partial charge is 0.199 e. The summed E-state index contributed by atoms with van der Waals surface area (Å²) in [4.78, 5) is 1.14. The predicted octanol–water partition coefficient (Wildman–Crippen LogP) is 2.75. The van der Waals surface area contributed by atoms with Crippen LogP contribution in [-0.4, -0.2) is 4.37 Å². The van der Waals surface area contributed by atoms with Crippen molar-refractivity contribution in [3.8, 4) is 6.07 Å². The molecule has 1 aromatic heterocycles. The van der Waals surface area contributed by atoms with Gasteiger partial charge in [0.1, 0.15) is 6.07 Å². The highest BCUT2D eigenvalue weighted by atomic mass is 32.1. The Bertz CT molecular complexity index is 272. The van der Waals surface area contributed by atoms with E-state index >= 15 is 0 Å². The van der Waals surface area contributed by atoms with Crippen LogP contribution in [0.25, 0.3) is 0 Å². The zero-order chi connectivity index (χ0) is 8.81. The maximum Gasteiger partial charge on any atom is 0.102 e. The van der Waals surface area contributed by atoms with Crippen molar-refractivity contribution in [2.75, 3.05) is 0 Å². The highest BCUT2D eigenvalue weighted by Crippen LogP contribution is 2.15. The van der Waals surface area contributed by atoms with Crippen LogP contribution in [0.15, 0.2) is 6.20 Å². The van der Waals surface area contributed by atoms with Crippen LogP contribution in [0.3, 0.4) is 0 Å². The van der Waals surface area contributed by atoms with Gasteiger partial charge in [-0.15, -0.1) is 0 Å². The first-order chi connectivity index (χ1) is 5.88. The fourth-order valence-electron chi connectivity index (χ4n) is 1.07. The zero-order valence-electron chi connectivity index (χ0n) is 7.21. The van der Waals surface area contributed by atoms with E-state index in [1.165, 1.54) is 30.8 Å². The fraction of sp³-hybridized carbons (Fsp3) is 0.556. The molecule has 0 saturated carbocycles. The molecule has 0 unspecified atom stereocenters. The van der Waals surface area contributed by atoms with Crippen LogP contribution in [0, 0.1) is 11.3 Å². The molecular formula is C9H12N2S. The fourth-order valence-corrected chi connectivity index (χ4v) is 1.79. The Hall–Kier alpha value is -0.880. The lowest BCUT2D eigenvalue weighted by atomic mass is 10.1. The first-order valence-corrected chi connectivity index (χ1v) is 4.99. The Morgan fingerprint density at radius 3 is 3.08 bits per heavy atom. The van der Waals surface area contributed by atoms with Crippen LogP contribution in [0.5, 0.6) is 0 Å². The molecule has 0 aliphatic carbocycles. The average molecular weight is 180 g/mol. The second kappa shape index (κ2) is 4.89. The molecule has 2 nitrogen and oxygen atoms in total. The third-order valence-corrected chi connectivity index (χ3v) is 2.63. The molecule has 0 amide bonds. The Labute approximate surface area is 77.0 Å². The van der Waals surface area contributed by atoms with Gasteiger partial charge in [0.2, 0.25) is 0 Å². The molecule has 0 N–H and O–H groups in total. The minimum absolute atomic E-state index is 0.760. The van der Waals surface area contributed by atoms with E-state index in [0.717, 1.165) is 16.9 Å². The van der Waals surface area contributed by atoms with E-state index in [4.69, 9.17) is 5.26 Å². The Morgan fingerprint density at radius 2 is 2.42 bits per heavy atom. The molecule has 0 fully saturated rings. The van der Waals surface area contributed by atoms with Crippen molar-refractivity contribution in [2.45, 2.75) is 32.6 Å². The van der Waals surface area contributed by atoms with E-state index in [1.807, 2.05) is 0 Å². The number of aryl methyl sites for hydroxylation is 1. The van der Waals surface area contributed by atoms with Crippen LogP contribution in [-0.2, 0) is 6.42 Å². The van der Waals surface area contributed by atoms with Crippen LogP contribution in [0.4, 0.5) is 0 Å². The molecule has 0 aromatic carbocycles. The normalized spacial score (nSPS) is 9.67. The SMILES string of the molecule is CCCCCc1sncc1C#N. The minimum atomic E-state index is 0.760. The second-order valence-corrected chi connectivity index (χ2v) is 3.62. The van der Waals surface area contributed by atoms with Crippen LogP contribution in [0.2, 0.25) is 0 Å². The van der Waals surface area contributed by atoms with Gasteiger partial charge in [-0.1, -0.05) is 19.8 Å². The van der Waals surface area contributed by atoms with Crippen molar-refractivity contribution in [2.24, 2.45) is 0 Å².